The molecule has 0 bridgehead atoms. The Labute approximate surface area is 156 Å². The van der Waals surface area contributed by atoms with E-state index in [1.807, 2.05) is 0 Å². The van der Waals surface area contributed by atoms with Crippen molar-refractivity contribution in [3.8, 4) is 11.1 Å². The molecule has 0 saturated heterocycles. The van der Waals surface area contributed by atoms with Crippen LogP contribution in [-0.4, -0.2) is 4.57 Å². The maximum atomic E-state index is 2.54. The van der Waals surface area contributed by atoms with Gasteiger partial charge in [0.05, 0.1) is 5.52 Å². The fraction of sp³-hybridized carbons (Fsp3) is 0.280. The molecule has 0 N–H and O–H groups in total. The Morgan fingerprint density at radius 3 is 2.23 bits per heavy atom. The Morgan fingerprint density at radius 2 is 1.50 bits per heavy atom. The monoisotopic (exact) mass is 341 g/mol. The summed E-state index contributed by atoms with van der Waals surface area (Å²) in [6.07, 6.45) is 2.41. The van der Waals surface area contributed by atoms with Crippen LogP contribution in [0, 0.1) is 20.8 Å². The highest BCUT2D eigenvalue weighted by Crippen LogP contribution is 2.37. The second-order valence-corrected chi connectivity index (χ2v) is 7.46. The Hall–Kier alpha value is -2.54. The molecule has 0 aliphatic carbocycles. The van der Waals surface area contributed by atoms with Crippen LogP contribution < -0.4 is 0 Å². The Bertz CT molecular complexity index is 1070. The SMILES string of the molecule is CCCCn1c2ccccc2c2cccc(-c3cc(C)c(C)c(C)c3)c21. The Kier molecular flexibility index (Phi) is 4.32. The predicted octanol–water partition coefficient (Wildman–Crippen LogP) is 7.19. The molecule has 0 atom stereocenters. The first-order valence-electron chi connectivity index (χ1n) is 9.70. The van der Waals surface area contributed by atoms with Gasteiger partial charge in [-0.3, -0.25) is 0 Å². The molecule has 1 heteroatoms. The molecule has 4 aromatic rings. The average Bonchev–Trinajstić information content (AvgIpc) is 2.98. The van der Waals surface area contributed by atoms with Gasteiger partial charge in [0.25, 0.3) is 0 Å². The second kappa shape index (κ2) is 6.64. The van der Waals surface area contributed by atoms with Crippen molar-refractivity contribution in [2.75, 3.05) is 0 Å². The predicted molar refractivity (Wildman–Crippen MR) is 114 cm³/mol. The summed E-state index contributed by atoms with van der Waals surface area (Å²) in [7, 11) is 0. The first-order valence-corrected chi connectivity index (χ1v) is 9.70. The molecule has 0 spiro atoms. The number of hydrogen-bond donors (Lipinski definition) is 0. The number of aryl methyl sites for hydroxylation is 3. The summed E-state index contributed by atoms with van der Waals surface area (Å²) in [5.74, 6) is 0. The fourth-order valence-electron chi connectivity index (χ4n) is 4.08. The van der Waals surface area contributed by atoms with E-state index >= 15 is 0 Å². The van der Waals surface area contributed by atoms with Gasteiger partial charge in [-0.25, -0.2) is 0 Å². The number of aromatic nitrogens is 1. The van der Waals surface area contributed by atoms with Crippen molar-refractivity contribution in [3.05, 3.63) is 71.3 Å². The van der Waals surface area contributed by atoms with Gasteiger partial charge in [-0.15, -0.1) is 0 Å². The molecule has 0 aliphatic heterocycles. The summed E-state index contributed by atoms with van der Waals surface area (Å²) in [4.78, 5) is 0. The molecule has 1 nitrogen and oxygen atoms in total. The number of nitrogens with zero attached hydrogens (tertiary/aromatic N) is 1. The molecule has 0 aliphatic rings. The summed E-state index contributed by atoms with van der Waals surface area (Å²) in [6.45, 7) is 9.99. The van der Waals surface area contributed by atoms with E-state index in [1.165, 1.54) is 62.5 Å². The summed E-state index contributed by atoms with van der Waals surface area (Å²) >= 11 is 0. The number of unbranched alkanes of at least 4 members (excludes halogenated alkanes) is 1. The quantitative estimate of drug-likeness (QED) is 0.370. The van der Waals surface area contributed by atoms with Gasteiger partial charge in [0.2, 0.25) is 0 Å². The molecule has 1 heterocycles. The van der Waals surface area contributed by atoms with Gasteiger partial charge in [0.15, 0.2) is 0 Å². The highest BCUT2D eigenvalue weighted by Gasteiger charge is 2.15. The van der Waals surface area contributed by atoms with Crippen LogP contribution in [0.3, 0.4) is 0 Å². The molecular weight excluding hydrogens is 314 g/mol. The Morgan fingerprint density at radius 1 is 0.808 bits per heavy atom. The Balaban J connectivity index is 2.08. The van der Waals surface area contributed by atoms with Crippen LogP contribution in [0.15, 0.2) is 54.6 Å². The molecule has 3 aromatic carbocycles. The molecule has 1 aromatic heterocycles. The molecular formula is C25H27N. The van der Waals surface area contributed by atoms with E-state index in [1.54, 1.807) is 0 Å². The lowest BCUT2D eigenvalue weighted by Crippen LogP contribution is -1.99. The van der Waals surface area contributed by atoms with Gasteiger partial charge >= 0.3 is 0 Å². The standard InChI is InChI=1S/C25H27N/c1-5-6-14-26-24-13-8-7-10-22(24)23-12-9-11-21(25(23)26)20-15-17(2)19(4)18(3)16-20/h7-13,15-16H,5-6,14H2,1-4H3. The third-order valence-electron chi connectivity index (χ3n) is 5.76. The van der Waals surface area contributed by atoms with E-state index in [4.69, 9.17) is 0 Å². The summed E-state index contributed by atoms with van der Waals surface area (Å²) in [5.41, 5.74) is 9.54. The van der Waals surface area contributed by atoms with Gasteiger partial charge < -0.3 is 4.57 Å². The summed E-state index contributed by atoms with van der Waals surface area (Å²) in [6, 6.07) is 20.3. The third kappa shape index (κ3) is 2.63. The highest BCUT2D eigenvalue weighted by molar-refractivity contribution is 6.12. The zero-order valence-corrected chi connectivity index (χ0v) is 16.3. The largest absolute Gasteiger partial charge is 0.340 e. The number of hydrogen-bond acceptors (Lipinski definition) is 0. The number of fused-ring (bicyclic) bond motifs is 3. The van der Waals surface area contributed by atoms with Crippen molar-refractivity contribution < 1.29 is 0 Å². The number of rotatable bonds is 4. The lowest BCUT2D eigenvalue weighted by atomic mass is 9.95. The average molecular weight is 341 g/mol. The molecule has 0 amide bonds. The minimum absolute atomic E-state index is 1.07. The lowest BCUT2D eigenvalue weighted by Gasteiger charge is -2.13. The van der Waals surface area contributed by atoms with E-state index in [2.05, 4.69) is 86.9 Å². The van der Waals surface area contributed by atoms with Crippen LogP contribution in [0.5, 0.6) is 0 Å². The first-order chi connectivity index (χ1) is 12.6. The molecule has 4 rings (SSSR count). The molecule has 132 valence electrons. The van der Waals surface area contributed by atoms with E-state index in [-0.39, 0.29) is 0 Å². The minimum atomic E-state index is 1.07. The molecule has 26 heavy (non-hydrogen) atoms. The van der Waals surface area contributed by atoms with Crippen molar-refractivity contribution in [1.82, 2.24) is 4.57 Å². The molecule has 0 unspecified atom stereocenters. The molecule has 0 saturated carbocycles. The van der Waals surface area contributed by atoms with Crippen LogP contribution in [0.4, 0.5) is 0 Å². The van der Waals surface area contributed by atoms with Crippen LogP contribution in [-0.2, 0) is 6.54 Å². The second-order valence-electron chi connectivity index (χ2n) is 7.46. The topological polar surface area (TPSA) is 4.93 Å². The van der Waals surface area contributed by atoms with Gasteiger partial charge in [0, 0.05) is 28.4 Å². The highest BCUT2D eigenvalue weighted by atomic mass is 15.0. The van der Waals surface area contributed by atoms with Gasteiger partial charge in [0.1, 0.15) is 0 Å². The summed E-state index contributed by atoms with van der Waals surface area (Å²) in [5, 5.41) is 2.73. The summed E-state index contributed by atoms with van der Waals surface area (Å²) < 4.78 is 2.54. The van der Waals surface area contributed by atoms with Crippen LogP contribution >= 0.6 is 0 Å². The van der Waals surface area contributed by atoms with Crippen molar-refractivity contribution >= 4 is 21.8 Å². The number of para-hydroxylation sites is 2. The van der Waals surface area contributed by atoms with Gasteiger partial charge in [-0.1, -0.05) is 61.9 Å². The van der Waals surface area contributed by atoms with E-state index in [0.29, 0.717) is 0 Å². The fourth-order valence-corrected chi connectivity index (χ4v) is 4.08. The zero-order chi connectivity index (χ0) is 18.3. The van der Waals surface area contributed by atoms with Gasteiger partial charge in [-0.05, 0) is 55.5 Å². The minimum Gasteiger partial charge on any atom is -0.340 e. The third-order valence-corrected chi connectivity index (χ3v) is 5.76. The molecule has 0 fully saturated rings. The van der Waals surface area contributed by atoms with Crippen molar-refractivity contribution in [2.45, 2.75) is 47.1 Å². The van der Waals surface area contributed by atoms with Crippen molar-refractivity contribution in [2.24, 2.45) is 0 Å². The smallest absolute Gasteiger partial charge is 0.0571 e. The zero-order valence-electron chi connectivity index (χ0n) is 16.3. The molecule has 0 radical (unpaired) electrons. The maximum absolute atomic E-state index is 2.54. The van der Waals surface area contributed by atoms with E-state index < -0.39 is 0 Å². The van der Waals surface area contributed by atoms with E-state index in [9.17, 15) is 0 Å². The van der Waals surface area contributed by atoms with Crippen LogP contribution in [0.1, 0.15) is 36.5 Å². The maximum Gasteiger partial charge on any atom is 0.0571 e. The lowest BCUT2D eigenvalue weighted by molar-refractivity contribution is 0.665. The van der Waals surface area contributed by atoms with Crippen LogP contribution in [0.25, 0.3) is 32.9 Å². The number of benzene rings is 3. The van der Waals surface area contributed by atoms with Crippen LogP contribution in [0.2, 0.25) is 0 Å². The first kappa shape index (κ1) is 16.9. The van der Waals surface area contributed by atoms with E-state index in [0.717, 1.165) is 6.54 Å². The van der Waals surface area contributed by atoms with Gasteiger partial charge in [-0.2, -0.15) is 0 Å². The van der Waals surface area contributed by atoms with Crippen molar-refractivity contribution in [1.29, 1.82) is 0 Å². The van der Waals surface area contributed by atoms with Crippen molar-refractivity contribution in [3.63, 3.8) is 0 Å². The normalized spacial score (nSPS) is 11.5.